The van der Waals surface area contributed by atoms with Crippen molar-refractivity contribution in [3.8, 4) is 5.75 Å². The van der Waals surface area contributed by atoms with Crippen LogP contribution in [0.15, 0.2) is 16.9 Å². The summed E-state index contributed by atoms with van der Waals surface area (Å²) >= 11 is 0. The van der Waals surface area contributed by atoms with E-state index in [1.165, 1.54) is 23.3 Å². The molecule has 0 saturated carbocycles. The lowest BCUT2D eigenvalue weighted by Gasteiger charge is -2.37. The van der Waals surface area contributed by atoms with E-state index < -0.39 is 52.6 Å². The fourth-order valence-electron chi connectivity index (χ4n) is 4.48. The number of nitrogens with zero attached hydrogens (tertiary/aromatic N) is 2. The van der Waals surface area contributed by atoms with E-state index in [4.69, 9.17) is 0 Å². The minimum absolute atomic E-state index is 0.00662. The first kappa shape index (κ1) is 22.8. The lowest BCUT2D eigenvalue weighted by molar-refractivity contribution is 0.0218. The quantitative estimate of drug-likeness (QED) is 0.581. The number of nitrogens with one attached hydrogen (secondary N) is 1. The third-order valence-corrected chi connectivity index (χ3v) is 5.85. The normalized spacial score (nSPS) is 17.3. The molecule has 0 aliphatic carbocycles. The molecule has 176 valence electrons. The zero-order valence-corrected chi connectivity index (χ0v) is 17.9. The van der Waals surface area contributed by atoms with Gasteiger partial charge in [-0.25, -0.2) is 13.2 Å². The Morgan fingerprint density at radius 1 is 1.21 bits per heavy atom. The highest BCUT2D eigenvalue weighted by atomic mass is 19.2. The van der Waals surface area contributed by atoms with Crippen molar-refractivity contribution >= 4 is 11.8 Å². The molecule has 2 aliphatic rings. The molecule has 0 fully saturated rings. The molecular formula is C22H22F3N3O5. The predicted octanol–water partition coefficient (Wildman–Crippen LogP) is 1.62. The van der Waals surface area contributed by atoms with Crippen LogP contribution in [0.25, 0.3) is 0 Å². The van der Waals surface area contributed by atoms with Crippen LogP contribution in [0.4, 0.5) is 13.2 Å². The number of aromatic nitrogens is 1. The lowest BCUT2D eigenvalue weighted by atomic mass is 10.0. The number of amides is 2. The van der Waals surface area contributed by atoms with Crippen molar-refractivity contribution < 1.29 is 33.0 Å². The minimum atomic E-state index is -1.68. The smallest absolute Gasteiger partial charge is 0.274 e. The van der Waals surface area contributed by atoms with Crippen molar-refractivity contribution in [2.45, 2.75) is 44.9 Å². The maximum absolute atomic E-state index is 13.9. The Kier molecular flexibility index (Phi) is 5.47. The largest absolute Gasteiger partial charge is 0.503 e. The Bertz CT molecular complexity index is 1240. The average Bonchev–Trinajstić information content (AvgIpc) is 3.13. The van der Waals surface area contributed by atoms with Gasteiger partial charge in [0.25, 0.3) is 11.8 Å². The Labute approximate surface area is 186 Å². The number of pyridine rings is 1. The molecule has 0 saturated heterocycles. The summed E-state index contributed by atoms with van der Waals surface area (Å²) in [6.45, 7) is 2.76. The summed E-state index contributed by atoms with van der Waals surface area (Å²) in [6, 6.07) is 1.38. The van der Waals surface area contributed by atoms with E-state index in [9.17, 15) is 37.8 Å². The third kappa shape index (κ3) is 3.86. The van der Waals surface area contributed by atoms with E-state index in [1.807, 2.05) is 0 Å². The number of benzene rings is 1. The van der Waals surface area contributed by atoms with Gasteiger partial charge in [-0.05, 0) is 32.8 Å². The van der Waals surface area contributed by atoms with Gasteiger partial charge in [0, 0.05) is 30.9 Å². The van der Waals surface area contributed by atoms with Gasteiger partial charge >= 0.3 is 0 Å². The fraction of sp³-hybridized carbons (Fsp3) is 0.409. The third-order valence-electron chi connectivity index (χ3n) is 5.85. The van der Waals surface area contributed by atoms with Crippen LogP contribution in [0.2, 0.25) is 0 Å². The van der Waals surface area contributed by atoms with Crippen LogP contribution in [0.5, 0.6) is 5.75 Å². The molecule has 0 spiro atoms. The molecule has 3 N–H and O–H groups in total. The molecule has 0 bridgehead atoms. The maximum atomic E-state index is 13.9. The van der Waals surface area contributed by atoms with Gasteiger partial charge in [-0.1, -0.05) is 6.07 Å². The van der Waals surface area contributed by atoms with Crippen molar-refractivity contribution in [1.29, 1.82) is 0 Å². The zero-order chi connectivity index (χ0) is 24.2. The van der Waals surface area contributed by atoms with Gasteiger partial charge in [0.2, 0.25) is 5.43 Å². The van der Waals surface area contributed by atoms with Gasteiger partial charge in [0.05, 0.1) is 11.6 Å². The van der Waals surface area contributed by atoms with Crippen molar-refractivity contribution in [3.05, 3.63) is 62.3 Å². The van der Waals surface area contributed by atoms with Crippen LogP contribution in [0.3, 0.4) is 0 Å². The summed E-state index contributed by atoms with van der Waals surface area (Å²) in [6.07, 6.45) is 0.767. The van der Waals surface area contributed by atoms with Gasteiger partial charge in [0.1, 0.15) is 5.56 Å². The highest BCUT2D eigenvalue weighted by Gasteiger charge is 2.42. The van der Waals surface area contributed by atoms with Gasteiger partial charge in [-0.3, -0.25) is 14.4 Å². The molecule has 33 heavy (non-hydrogen) atoms. The number of aromatic hydroxyl groups is 1. The number of hydrogen-bond acceptors (Lipinski definition) is 5. The van der Waals surface area contributed by atoms with E-state index in [0.717, 1.165) is 6.07 Å². The van der Waals surface area contributed by atoms with E-state index >= 15 is 0 Å². The summed E-state index contributed by atoms with van der Waals surface area (Å²) in [5.74, 6) is -6.96. The van der Waals surface area contributed by atoms with Gasteiger partial charge in [0.15, 0.2) is 28.9 Å². The number of hydrogen-bond donors (Lipinski definition) is 3. The van der Waals surface area contributed by atoms with Gasteiger partial charge < -0.3 is 25.0 Å². The molecule has 1 unspecified atom stereocenters. The number of β-amino-alcohol motifs (C(OH)–C–C–N with tert-alkyl or cyclic N) is 1. The van der Waals surface area contributed by atoms with E-state index in [2.05, 4.69) is 5.32 Å². The van der Waals surface area contributed by atoms with Gasteiger partial charge in [-0.2, -0.15) is 0 Å². The summed E-state index contributed by atoms with van der Waals surface area (Å²) in [5.41, 5.74) is -2.93. The molecule has 4 rings (SSSR count). The minimum Gasteiger partial charge on any atom is -0.503 e. The van der Waals surface area contributed by atoms with E-state index in [0.29, 0.717) is 12.5 Å². The molecule has 2 aliphatic heterocycles. The van der Waals surface area contributed by atoms with E-state index in [-0.39, 0.29) is 48.1 Å². The van der Waals surface area contributed by atoms with Crippen LogP contribution in [0.1, 0.15) is 58.4 Å². The number of halogens is 3. The molecule has 1 aromatic heterocycles. The molecule has 2 aromatic rings. The molecule has 1 atom stereocenters. The second kappa shape index (κ2) is 7.91. The standard InChI is InChI=1S/C22H22F3N3O5/c1-22(2,33)9-27-8-11-4-6-13-14(18(29)19(30)17(21(27)32)28(11)13)20(31)26-7-10-3-5-12(23)16(25)15(10)24/h3,5,11,30,33H,4,6-9H2,1-2H3,(H,26,31). The highest BCUT2D eigenvalue weighted by molar-refractivity contribution is 6.00. The number of aliphatic hydroxyl groups is 1. The zero-order valence-electron chi connectivity index (χ0n) is 17.9. The second-order valence-corrected chi connectivity index (χ2v) is 8.93. The first-order valence-electron chi connectivity index (χ1n) is 10.3. The van der Waals surface area contributed by atoms with Gasteiger partial charge in [-0.15, -0.1) is 0 Å². The number of carbonyl (C=O) groups excluding carboxylic acids is 2. The summed E-state index contributed by atoms with van der Waals surface area (Å²) < 4.78 is 41.9. The van der Waals surface area contributed by atoms with Crippen LogP contribution in [-0.4, -0.2) is 50.2 Å². The molecule has 11 heteroatoms. The second-order valence-electron chi connectivity index (χ2n) is 8.93. The van der Waals surface area contributed by atoms with Crippen LogP contribution < -0.4 is 10.7 Å². The van der Waals surface area contributed by atoms with Crippen molar-refractivity contribution in [2.75, 3.05) is 13.1 Å². The van der Waals surface area contributed by atoms with Crippen LogP contribution in [0, 0.1) is 17.5 Å². The Morgan fingerprint density at radius 2 is 1.91 bits per heavy atom. The average molecular weight is 465 g/mol. The SMILES string of the molecule is CC(C)(O)CN1CC2CCc3c(C(=O)NCc4ccc(F)c(F)c4F)c(=O)c(O)c(n32)C1=O. The Balaban J connectivity index is 1.68. The maximum Gasteiger partial charge on any atom is 0.274 e. The highest BCUT2D eigenvalue weighted by Crippen LogP contribution is 2.37. The Morgan fingerprint density at radius 3 is 2.58 bits per heavy atom. The number of rotatable bonds is 5. The monoisotopic (exact) mass is 465 g/mol. The van der Waals surface area contributed by atoms with Crippen LogP contribution in [-0.2, 0) is 13.0 Å². The summed E-state index contributed by atoms with van der Waals surface area (Å²) in [4.78, 5) is 40.0. The predicted molar refractivity (Wildman–Crippen MR) is 109 cm³/mol. The van der Waals surface area contributed by atoms with Crippen molar-refractivity contribution in [1.82, 2.24) is 14.8 Å². The summed E-state index contributed by atoms with van der Waals surface area (Å²) in [5, 5.41) is 23.0. The van der Waals surface area contributed by atoms with Crippen molar-refractivity contribution in [3.63, 3.8) is 0 Å². The molecule has 0 radical (unpaired) electrons. The first-order chi connectivity index (χ1) is 15.4. The molecular weight excluding hydrogens is 443 g/mol. The van der Waals surface area contributed by atoms with Crippen LogP contribution >= 0.6 is 0 Å². The summed E-state index contributed by atoms with van der Waals surface area (Å²) in [7, 11) is 0. The first-order valence-corrected chi connectivity index (χ1v) is 10.3. The van der Waals surface area contributed by atoms with E-state index in [1.54, 1.807) is 0 Å². The van der Waals surface area contributed by atoms with Crippen molar-refractivity contribution in [2.24, 2.45) is 0 Å². The molecule has 1 aromatic carbocycles. The molecule has 2 amide bonds. The molecule has 8 nitrogen and oxygen atoms in total. The fourth-order valence-corrected chi connectivity index (χ4v) is 4.48. The topological polar surface area (TPSA) is 112 Å². The molecule has 3 heterocycles. The lowest BCUT2D eigenvalue weighted by Crippen LogP contribution is -2.49. The number of carbonyl (C=O) groups is 2. The Hall–Kier alpha value is -3.34.